The molecule has 0 unspecified atom stereocenters. The molecule has 3 N–H and O–H groups in total. The standard InChI is InChI=1S/C17H20ClNO4S/c18-11-2-4-15(13(7-11)16(20)21)24-12-3-1-9-8-19-14(17(22)23)6-10(9)5-12/h2,4,7,9-10,12,14,19H,1,3,5-6,8H2,(H,20,21)(H,22,23)/t9-,10+,12-,14-/m0/s1. The Morgan fingerprint density at radius 1 is 1.17 bits per heavy atom. The number of aromatic carboxylic acids is 1. The molecule has 1 aromatic rings. The van der Waals surface area contributed by atoms with E-state index in [0.717, 1.165) is 30.7 Å². The van der Waals surface area contributed by atoms with Gasteiger partial charge < -0.3 is 15.5 Å². The number of piperidine rings is 1. The lowest BCUT2D eigenvalue weighted by atomic mass is 9.73. The predicted molar refractivity (Wildman–Crippen MR) is 92.9 cm³/mol. The Morgan fingerprint density at radius 2 is 1.96 bits per heavy atom. The second kappa shape index (κ2) is 7.33. The molecule has 4 atom stereocenters. The van der Waals surface area contributed by atoms with E-state index in [9.17, 15) is 19.8 Å². The number of benzene rings is 1. The van der Waals surface area contributed by atoms with Crippen molar-refractivity contribution in [2.75, 3.05) is 6.54 Å². The highest BCUT2D eigenvalue weighted by Gasteiger charge is 2.38. The SMILES string of the molecule is O=C(O)c1cc(Cl)ccc1S[C@H]1CC[C@H]2CN[C@H](C(=O)O)C[C@H]2C1. The molecule has 7 heteroatoms. The second-order valence-corrected chi connectivity index (χ2v) is 8.33. The van der Waals surface area contributed by atoms with Crippen LogP contribution >= 0.6 is 23.4 Å². The summed E-state index contributed by atoms with van der Waals surface area (Å²) in [6.07, 6.45) is 3.66. The first-order valence-electron chi connectivity index (χ1n) is 8.09. The molecule has 1 saturated carbocycles. The number of fused-ring (bicyclic) bond motifs is 1. The zero-order chi connectivity index (χ0) is 17.3. The number of hydrogen-bond acceptors (Lipinski definition) is 4. The minimum atomic E-state index is -0.971. The monoisotopic (exact) mass is 369 g/mol. The van der Waals surface area contributed by atoms with Crippen molar-refractivity contribution in [3.63, 3.8) is 0 Å². The molecule has 130 valence electrons. The van der Waals surface area contributed by atoms with Crippen molar-refractivity contribution in [1.82, 2.24) is 5.32 Å². The lowest BCUT2D eigenvalue weighted by molar-refractivity contribution is -0.141. The molecule has 3 rings (SSSR count). The first kappa shape index (κ1) is 17.6. The molecule has 0 radical (unpaired) electrons. The van der Waals surface area contributed by atoms with Crippen LogP contribution in [0.5, 0.6) is 0 Å². The van der Waals surface area contributed by atoms with Gasteiger partial charge in [-0.15, -0.1) is 11.8 Å². The average Bonchev–Trinajstić information content (AvgIpc) is 2.55. The molecule has 5 nitrogen and oxygen atoms in total. The third-order valence-corrected chi connectivity index (χ3v) is 6.63. The molecule has 0 spiro atoms. The lowest BCUT2D eigenvalue weighted by Gasteiger charge is -2.41. The largest absolute Gasteiger partial charge is 0.480 e. The highest BCUT2D eigenvalue weighted by atomic mass is 35.5. The number of halogens is 1. The number of carbonyl (C=O) groups is 2. The number of carboxylic acid groups (broad SMARTS) is 2. The Kier molecular flexibility index (Phi) is 5.37. The molecule has 2 aliphatic rings. The number of thioether (sulfide) groups is 1. The molecule has 1 heterocycles. The van der Waals surface area contributed by atoms with Crippen molar-refractivity contribution < 1.29 is 19.8 Å². The smallest absolute Gasteiger partial charge is 0.336 e. The molecule has 1 aliphatic carbocycles. The summed E-state index contributed by atoms with van der Waals surface area (Å²) in [6, 6.07) is 4.51. The number of hydrogen-bond donors (Lipinski definition) is 3. The Hall–Kier alpha value is -1.24. The van der Waals surface area contributed by atoms with Gasteiger partial charge in [-0.3, -0.25) is 4.79 Å². The average molecular weight is 370 g/mol. The van der Waals surface area contributed by atoms with Crippen LogP contribution in [0.3, 0.4) is 0 Å². The minimum Gasteiger partial charge on any atom is -0.480 e. The van der Waals surface area contributed by atoms with Gasteiger partial charge in [0, 0.05) is 15.2 Å². The van der Waals surface area contributed by atoms with Crippen LogP contribution in [0.1, 0.15) is 36.0 Å². The van der Waals surface area contributed by atoms with Gasteiger partial charge in [0.1, 0.15) is 6.04 Å². The van der Waals surface area contributed by atoms with Crippen molar-refractivity contribution in [3.05, 3.63) is 28.8 Å². The van der Waals surface area contributed by atoms with Crippen LogP contribution in [0.25, 0.3) is 0 Å². The van der Waals surface area contributed by atoms with Crippen molar-refractivity contribution >= 4 is 35.3 Å². The van der Waals surface area contributed by atoms with Gasteiger partial charge in [-0.1, -0.05) is 11.6 Å². The molecule has 0 amide bonds. The van der Waals surface area contributed by atoms with Crippen molar-refractivity contribution in [2.24, 2.45) is 11.8 Å². The maximum absolute atomic E-state index is 11.4. The third kappa shape index (κ3) is 3.87. The van der Waals surface area contributed by atoms with Crippen LogP contribution in [0.15, 0.2) is 23.1 Å². The summed E-state index contributed by atoms with van der Waals surface area (Å²) in [7, 11) is 0. The quantitative estimate of drug-likeness (QED) is 0.754. The summed E-state index contributed by atoms with van der Waals surface area (Å²) in [6.45, 7) is 0.764. The lowest BCUT2D eigenvalue weighted by Crippen LogP contribution is -2.49. The highest BCUT2D eigenvalue weighted by molar-refractivity contribution is 8.00. The van der Waals surface area contributed by atoms with Crippen LogP contribution in [0, 0.1) is 11.8 Å². The Morgan fingerprint density at radius 3 is 2.67 bits per heavy atom. The zero-order valence-corrected chi connectivity index (χ0v) is 14.6. The van der Waals surface area contributed by atoms with Gasteiger partial charge in [-0.25, -0.2) is 4.79 Å². The van der Waals surface area contributed by atoms with Crippen molar-refractivity contribution in [3.8, 4) is 0 Å². The van der Waals surface area contributed by atoms with Gasteiger partial charge in [0.2, 0.25) is 0 Å². The topological polar surface area (TPSA) is 86.6 Å². The molecular formula is C17H20ClNO4S. The van der Waals surface area contributed by atoms with E-state index in [-0.39, 0.29) is 5.56 Å². The molecule has 1 aromatic carbocycles. The third-order valence-electron chi connectivity index (χ3n) is 5.02. The number of rotatable bonds is 4. The normalized spacial score (nSPS) is 29.7. The first-order valence-corrected chi connectivity index (χ1v) is 9.35. The van der Waals surface area contributed by atoms with Crippen LogP contribution < -0.4 is 5.32 Å². The molecule has 1 aliphatic heterocycles. The van der Waals surface area contributed by atoms with E-state index < -0.39 is 18.0 Å². The summed E-state index contributed by atoms with van der Waals surface area (Å²) in [5.41, 5.74) is 0.239. The van der Waals surface area contributed by atoms with Crippen LogP contribution in [-0.2, 0) is 4.79 Å². The predicted octanol–water partition coefficient (Wildman–Crippen LogP) is 3.36. The van der Waals surface area contributed by atoms with Gasteiger partial charge in [0.15, 0.2) is 0 Å². The molecule has 0 bridgehead atoms. The summed E-state index contributed by atoms with van der Waals surface area (Å²) in [5.74, 6) is -0.837. The molecule has 24 heavy (non-hydrogen) atoms. The zero-order valence-electron chi connectivity index (χ0n) is 13.1. The Balaban J connectivity index is 1.69. The van der Waals surface area contributed by atoms with Gasteiger partial charge >= 0.3 is 11.9 Å². The highest BCUT2D eigenvalue weighted by Crippen LogP contribution is 2.43. The van der Waals surface area contributed by atoms with Gasteiger partial charge in [-0.2, -0.15) is 0 Å². The second-order valence-electron chi connectivity index (χ2n) is 6.55. The van der Waals surface area contributed by atoms with Crippen LogP contribution in [0.4, 0.5) is 0 Å². The molecule has 0 aromatic heterocycles. The minimum absolute atomic E-state index is 0.239. The fourth-order valence-corrected chi connectivity index (χ4v) is 5.32. The Bertz CT molecular complexity index is 653. The number of nitrogens with one attached hydrogen (secondary N) is 1. The van der Waals surface area contributed by atoms with Gasteiger partial charge in [0.05, 0.1) is 5.56 Å². The van der Waals surface area contributed by atoms with Crippen molar-refractivity contribution in [2.45, 2.75) is 41.9 Å². The summed E-state index contributed by atoms with van der Waals surface area (Å²) < 4.78 is 0. The van der Waals surface area contributed by atoms with E-state index in [4.69, 9.17) is 11.6 Å². The molecule has 2 fully saturated rings. The van der Waals surface area contributed by atoms with E-state index in [1.807, 2.05) is 0 Å². The van der Waals surface area contributed by atoms with Crippen molar-refractivity contribution in [1.29, 1.82) is 0 Å². The van der Waals surface area contributed by atoms with Gasteiger partial charge in [0.25, 0.3) is 0 Å². The molecular weight excluding hydrogens is 350 g/mol. The number of carboxylic acids is 2. The van der Waals surface area contributed by atoms with E-state index in [1.165, 1.54) is 6.07 Å². The summed E-state index contributed by atoms with van der Waals surface area (Å²) >= 11 is 7.49. The van der Waals surface area contributed by atoms with E-state index in [1.54, 1.807) is 23.9 Å². The fraction of sp³-hybridized carbons (Fsp3) is 0.529. The first-order chi connectivity index (χ1) is 11.4. The summed E-state index contributed by atoms with van der Waals surface area (Å²) in [5, 5.41) is 22.4. The van der Waals surface area contributed by atoms with Gasteiger partial charge in [-0.05, 0) is 62.3 Å². The van der Waals surface area contributed by atoms with E-state index >= 15 is 0 Å². The molecule has 1 saturated heterocycles. The van der Waals surface area contributed by atoms with Crippen LogP contribution in [0.2, 0.25) is 5.02 Å². The Labute approximate surface area is 149 Å². The maximum atomic E-state index is 11.4. The van der Waals surface area contributed by atoms with E-state index in [0.29, 0.717) is 28.5 Å². The maximum Gasteiger partial charge on any atom is 0.336 e. The van der Waals surface area contributed by atoms with Crippen LogP contribution in [-0.4, -0.2) is 40.0 Å². The fourth-order valence-electron chi connectivity index (χ4n) is 3.77. The van der Waals surface area contributed by atoms with E-state index in [2.05, 4.69) is 5.32 Å². The summed E-state index contributed by atoms with van der Waals surface area (Å²) in [4.78, 5) is 23.4. The number of aliphatic carboxylic acids is 1.